The minimum Gasteiger partial charge on any atom is -0.378 e. The van der Waals surface area contributed by atoms with Crippen LogP contribution in [0.4, 0.5) is 11.4 Å². The summed E-state index contributed by atoms with van der Waals surface area (Å²) >= 11 is 3.39. The lowest BCUT2D eigenvalue weighted by atomic mass is 10.2. The highest BCUT2D eigenvalue weighted by molar-refractivity contribution is 9.10. The first-order valence-electron chi connectivity index (χ1n) is 8.23. The van der Waals surface area contributed by atoms with E-state index in [0.717, 1.165) is 42.0 Å². The molecule has 0 aromatic heterocycles. The molecule has 0 atom stereocenters. The zero-order chi connectivity index (χ0) is 17.9. The molecule has 5 nitrogen and oxygen atoms in total. The zero-order valence-electron chi connectivity index (χ0n) is 14.0. The van der Waals surface area contributed by atoms with E-state index in [1.54, 1.807) is 24.3 Å². The summed E-state index contributed by atoms with van der Waals surface area (Å²) in [7, 11) is -3.61. The van der Waals surface area contributed by atoms with Crippen LogP contribution in [-0.4, -0.2) is 34.7 Å². The maximum Gasteiger partial charge on any atom is 0.262 e. The van der Waals surface area contributed by atoms with Crippen LogP contribution in [0.5, 0.6) is 0 Å². The second-order valence-corrected chi connectivity index (χ2v) is 8.42. The SMILES string of the molecule is CCc1cc(Br)ccc1S(=O)(=O)Nc1ccc(N2CCOCC2)cc1. The number of morpholine rings is 1. The molecule has 0 unspecified atom stereocenters. The van der Waals surface area contributed by atoms with Crippen molar-refractivity contribution in [3.05, 3.63) is 52.5 Å². The van der Waals surface area contributed by atoms with E-state index < -0.39 is 10.0 Å². The van der Waals surface area contributed by atoms with Gasteiger partial charge in [-0.05, 0) is 54.4 Å². The number of nitrogens with one attached hydrogen (secondary N) is 1. The van der Waals surface area contributed by atoms with Crippen LogP contribution in [-0.2, 0) is 21.2 Å². The highest BCUT2D eigenvalue weighted by atomic mass is 79.9. The van der Waals surface area contributed by atoms with Gasteiger partial charge in [-0.3, -0.25) is 4.72 Å². The van der Waals surface area contributed by atoms with E-state index in [1.165, 1.54) is 0 Å². The van der Waals surface area contributed by atoms with Crippen molar-refractivity contribution in [1.29, 1.82) is 0 Å². The van der Waals surface area contributed by atoms with E-state index in [9.17, 15) is 8.42 Å². The Balaban J connectivity index is 1.79. The maximum absolute atomic E-state index is 12.7. The molecule has 1 N–H and O–H groups in total. The predicted octanol–water partition coefficient (Wildman–Crippen LogP) is 3.65. The summed E-state index contributed by atoms with van der Waals surface area (Å²) in [5, 5.41) is 0. The summed E-state index contributed by atoms with van der Waals surface area (Å²) < 4.78 is 34.4. The molecule has 1 heterocycles. The van der Waals surface area contributed by atoms with Crippen LogP contribution in [0.3, 0.4) is 0 Å². The minimum atomic E-state index is -3.61. The van der Waals surface area contributed by atoms with Crippen molar-refractivity contribution in [3.63, 3.8) is 0 Å². The fourth-order valence-corrected chi connectivity index (χ4v) is 4.62. The third-order valence-corrected chi connectivity index (χ3v) is 6.16. The van der Waals surface area contributed by atoms with Crippen molar-refractivity contribution in [1.82, 2.24) is 0 Å². The summed E-state index contributed by atoms with van der Waals surface area (Å²) in [5.74, 6) is 0. The molecule has 1 saturated heterocycles. The smallest absolute Gasteiger partial charge is 0.262 e. The molecule has 0 aliphatic carbocycles. The number of rotatable bonds is 5. The van der Waals surface area contributed by atoms with Gasteiger partial charge in [0.2, 0.25) is 0 Å². The van der Waals surface area contributed by atoms with Crippen molar-refractivity contribution >= 4 is 37.3 Å². The number of aryl methyl sites for hydroxylation is 1. The number of sulfonamides is 1. The Kier molecular flexibility index (Phi) is 5.66. The van der Waals surface area contributed by atoms with Gasteiger partial charge in [-0.25, -0.2) is 8.42 Å². The van der Waals surface area contributed by atoms with Crippen molar-refractivity contribution < 1.29 is 13.2 Å². The second kappa shape index (κ2) is 7.76. The molecule has 1 fully saturated rings. The average Bonchev–Trinajstić information content (AvgIpc) is 2.62. The molecule has 1 aliphatic heterocycles. The van der Waals surface area contributed by atoms with Gasteiger partial charge in [-0.2, -0.15) is 0 Å². The van der Waals surface area contributed by atoms with Gasteiger partial charge in [0.1, 0.15) is 0 Å². The largest absolute Gasteiger partial charge is 0.378 e. The van der Waals surface area contributed by atoms with Gasteiger partial charge in [0.05, 0.1) is 18.1 Å². The normalized spacial score (nSPS) is 15.2. The van der Waals surface area contributed by atoms with Crippen LogP contribution < -0.4 is 9.62 Å². The standard InChI is InChI=1S/C18H21BrN2O3S/c1-2-14-13-15(19)3-8-18(14)25(22,23)20-16-4-6-17(7-5-16)21-9-11-24-12-10-21/h3-8,13,20H,2,9-12H2,1H3. The average molecular weight is 425 g/mol. The van der Waals surface area contributed by atoms with E-state index in [2.05, 4.69) is 25.6 Å². The third kappa shape index (κ3) is 4.34. The van der Waals surface area contributed by atoms with E-state index in [-0.39, 0.29) is 0 Å². The van der Waals surface area contributed by atoms with Gasteiger partial charge in [0.25, 0.3) is 10.0 Å². The van der Waals surface area contributed by atoms with Crippen LogP contribution in [0.2, 0.25) is 0 Å². The van der Waals surface area contributed by atoms with Gasteiger partial charge in [0.15, 0.2) is 0 Å². The molecular weight excluding hydrogens is 404 g/mol. The number of benzene rings is 2. The molecule has 7 heteroatoms. The summed E-state index contributed by atoms with van der Waals surface area (Å²) in [6, 6.07) is 12.7. The van der Waals surface area contributed by atoms with Crippen LogP contribution >= 0.6 is 15.9 Å². The quantitative estimate of drug-likeness (QED) is 0.795. The second-order valence-electron chi connectivity index (χ2n) is 5.86. The Bertz CT molecular complexity index is 832. The minimum absolute atomic E-state index is 0.315. The first-order valence-corrected chi connectivity index (χ1v) is 10.5. The Labute approximate surface area is 157 Å². The first-order chi connectivity index (χ1) is 12.0. The number of ether oxygens (including phenoxy) is 1. The maximum atomic E-state index is 12.7. The first kappa shape index (κ1) is 18.2. The highest BCUT2D eigenvalue weighted by Crippen LogP contribution is 2.25. The summed E-state index contributed by atoms with van der Waals surface area (Å²) in [6.45, 7) is 5.08. The van der Waals surface area contributed by atoms with Gasteiger partial charge in [0, 0.05) is 28.9 Å². The summed E-state index contributed by atoms with van der Waals surface area (Å²) in [5.41, 5.74) is 2.41. The number of hydrogen-bond acceptors (Lipinski definition) is 4. The molecule has 0 radical (unpaired) electrons. The molecule has 25 heavy (non-hydrogen) atoms. The van der Waals surface area contributed by atoms with Crippen LogP contribution in [0, 0.1) is 0 Å². The van der Waals surface area contributed by atoms with Crippen molar-refractivity contribution in [2.24, 2.45) is 0 Å². The molecule has 3 rings (SSSR count). The molecule has 1 aliphatic rings. The number of anilines is 2. The highest BCUT2D eigenvalue weighted by Gasteiger charge is 2.18. The zero-order valence-corrected chi connectivity index (χ0v) is 16.4. The number of hydrogen-bond donors (Lipinski definition) is 1. The fourth-order valence-electron chi connectivity index (χ4n) is 2.86. The Morgan fingerprint density at radius 2 is 1.80 bits per heavy atom. The third-order valence-electron chi connectivity index (χ3n) is 4.19. The van der Waals surface area contributed by atoms with E-state index >= 15 is 0 Å². The van der Waals surface area contributed by atoms with Crippen LogP contribution in [0.25, 0.3) is 0 Å². The lowest BCUT2D eigenvalue weighted by Gasteiger charge is -2.28. The molecule has 2 aromatic carbocycles. The lowest BCUT2D eigenvalue weighted by molar-refractivity contribution is 0.122. The van der Waals surface area contributed by atoms with Gasteiger partial charge in [-0.1, -0.05) is 22.9 Å². The molecule has 0 amide bonds. The Morgan fingerprint density at radius 1 is 1.12 bits per heavy atom. The van der Waals surface area contributed by atoms with Crippen molar-refractivity contribution in [2.75, 3.05) is 35.9 Å². The summed E-state index contributed by atoms with van der Waals surface area (Å²) in [4.78, 5) is 2.54. The van der Waals surface area contributed by atoms with E-state index in [0.29, 0.717) is 17.0 Å². The van der Waals surface area contributed by atoms with E-state index in [1.807, 2.05) is 25.1 Å². The van der Waals surface area contributed by atoms with E-state index in [4.69, 9.17) is 4.74 Å². The predicted molar refractivity (Wildman–Crippen MR) is 104 cm³/mol. The monoisotopic (exact) mass is 424 g/mol. The summed E-state index contributed by atoms with van der Waals surface area (Å²) in [6.07, 6.45) is 0.644. The van der Waals surface area contributed by atoms with Crippen LogP contribution in [0.15, 0.2) is 51.8 Å². The molecule has 0 saturated carbocycles. The number of halogens is 1. The topological polar surface area (TPSA) is 58.6 Å². The molecule has 2 aromatic rings. The molecule has 0 spiro atoms. The molecule has 0 bridgehead atoms. The lowest BCUT2D eigenvalue weighted by Crippen LogP contribution is -2.36. The fraction of sp³-hybridized carbons (Fsp3) is 0.333. The number of nitrogens with zero attached hydrogens (tertiary/aromatic N) is 1. The molecular formula is C18H21BrN2O3S. The van der Waals surface area contributed by atoms with Crippen molar-refractivity contribution in [3.8, 4) is 0 Å². The molecule has 134 valence electrons. The van der Waals surface area contributed by atoms with Gasteiger partial charge < -0.3 is 9.64 Å². The van der Waals surface area contributed by atoms with Crippen molar-refractivity contribution in [2.45, 2.75) is 18.2 Å². The van der Waals surface area contributed by atoms with Gasteiger partial charge in [-0.15, -0.1) is 0 Å². The van der Waals surface area contributed by atoms with Gasteiger partial charge >= 0.3 is 0 Å². The Morgan fingerprint density at radius 3 is 2.44 bits per heavy atom. The van der Waals surface area contributed by atoms with Crippen LogP contribution in [0.1, 0.15) is 12.5 Å². The Hall–Kier alpha value is -1.57.